The Kier molecular flexibility index (Phi) is 4.02. The fraction of sp³-hybridized carbons (Fsp3) is 0.143. The summed E-state index contributed by atoms with van der Waals surface area (Å²) in [6.07, 6.45) is -3.48. The molecule has 0 fully saturated rings. The molecule has 0 atom stereocenters. The Morgan fingerprint density at radius 1 is 1.10 bits per heavy atom. The molecule has 0 aliphatic carbocycles. The molecule has 0 unspecified atom stereocenters. The van der Waals surface area contributed by atoms with Gasteiger partial charge in [-0.1, -0.05) is 35.5 Å². The van der Waals surface area contributed by atoms with Gasteiger partial charge in [0.2, 0.25) is 0 Å². The normalized spacial score (nSPS) is 12.4. The van der Waals surface area contributed by atoms with E-state index in [4.69, 9.17) is 5.21 Å². The third-order valence-corrected chi connectivity index (χ3v) is 2.73. The van der Waals surface area contributed by atoms with Gasteiger partial charge in [0.05, 0.1) is 11.3 Å². The van der Waals surface area contributed by atoms with Crippen molar-refractivity contribution in [3.05, 3.63) is 65.5 Å². The van der Waals surface area contributed by atoms with Gasteiger partial charge in [-0.3, -0.25) is 4.98 Å². The zero-order valence-electron chi connectivity index (χ0n) is 10.3. The predicted molar refractivity (Wildman–Crippen MR) is 67.7 cm³/mol. The fourth-order valence-electron chi connectivity index (χ4n) is 1.69. The van der Waals surface area contributed by atoms with Crippen LogP contribution in [0, 0.1) is 0 Å². The van der Waals surface area contributed by atoms with Crippen molar-refractivity contribution in [1.82, 2.24) is 4.98 Å². The van der Waals surface area contributed by atoms with Crippen molar-refractivity contribution in [1.29, 1.82) is 0 Å². The van der Waals surface area contributed by atoms with Crippen LogP contribution in [0.5, 0.6) is 0 Å². The number of hydrogen-bond donors (Lipinski definition) is 1. The van der Waals surface area contributed by atoms with Crippen molar-refractivity contribution in [2.45, 2.75) is 12.6 Å². The number of hydrogen-bond acceptors (Lipinski definition) is 3. The van der Waals surface area contributed by atoms with Crippen LogP contribution in [-0.4, -0.2) is 15.9 Å². The zero-order chi connectivity index (χ0) is 14.6. The van der Waals surface area contributed by atoms with E-state index >= 15 is 0 Å². The molecule has 0 amide bonds. The standard InChI is InChI=1S/C14H11F3N2O/c15-14(16,17)11-6-7-12(18-9-11)8-13(19-20)10-4-2-1-3-5-10/h1-7,9,20H,8H2. The highest BCUT2D eigenvalue weighted by Gasteiger charge is 2.30. The van der Waals surface area contributed by atoms with E-state index in [1.54, 1.807) is 24.3 Å². The SMILES string of the molecule is ON=C(Cc1ccc(C(F)(F)F)cn1)c1ccccc1. The number of rotatable bonds is 3. The molecule has 0 saturated carbocycles. The Hall–Kier alpha value is -2.37. The minimum Gasteiger partial charge on any atom is -0.411 e. The summed E-state index contributed by atoms with van der Waals surface area (Å²) in [6.45, 7) is 0. The third-order valence-electron chi connectivity index (χ3n) is 2.73. The van der Waals surface area contributed by atoms with Gasteiger partial charge in [-0.25, -0.2) is 0 Å². The maximum atomic E-state index is 12.4. The lowest BCUT2D eigenvalue weighted by Gasteiger charge is -2.07. The highest BCUT2D eigenvalue weighted by Crippen LogP contribution is 2.28. The molecular weight excluding hydrogens is 269 g/mol. The number of oxime groups is 1. The van der Waals surface area contributed by atoms with E-state index < -0.39 is 11.7 Å². The number of benzene rings is 1. The molecule has 0 aliphatic rings. The van der Waals surface area contributed by atoms with Gasteiger partial charge in [0.25, 0.3) is 0 Å². The van der Waals surface area contributed by atoms with Gasteiger partial charge in [0.1, 0.15) is 0 Å². The first-order chi connectivity index (χ1) is 9.50. The summed E-state index contributed by atoms with van der Waals surface area (Å²) in [5, 5.41) is 12.2. The van der Waals surface area contributed by atoms with E-state index in [0.717, 1.165) is 12.3 Å². The van der Waals surface area contributed by atoms with E-state index in [-0.39, 0.29) is 6.42 Å². The lowest BCUT2D eigenvalue weighted by atomic mass is 10.1. The zero-order valence-corrected chi connectivity index (χ0v) is 10.3. The Bertz CT molecular complexity index is 592. The first kappa shape index (κ1) is 14.0. The smallest absolute Gasteiger partial charge is 0.411 e. The maximum Gasteiger partial charge on any atom is 0.417 e. The van der Waals surface area contributed by atoms with Gasteiger partial charge >= 0.3 is 6.18 Å². The van der Waals surface area contributed by atoms with E-state index in [9.17, 15) is 13.2 Å². The van der Waals surface area contributed by atoms with Crippen molar-refractivity contribution in [2.24, 2.45) is 5.16 Å². The Morgan fingerprint density at radius 3 is 2.30 bits per heavy atom. The topological polar surface area (TPSA) is 45.5 Å². The summed E-state index contributed by atoms with van der Waals surface area (Å²) in [7, 11) is 0. The Morgan fingerprint density at radius 2 is 1.80 bits per heavy atom. The Balaban J connectivity index is 2.17. The summed E-state index contributed by atoms with van der Waals surface area (Å²) in [5.41, 5.74) is 0.632. The summed E-state index contributed by atoms with van der Waals surface area (Å²) < 4.78 is 37.2. The monoisotopic (exact) mass is 280 g/mol. The van der Waals surface area contributed by atoms with Crippen molar-refractivity contribution in [3.8, 4) is 0 Å². The molecular formula is C14H11F3N2O. The lowest BCUT2D eigenvalue weighted by molar-refractivity contribution is -0.137. The van der Waals surface area contributed by atoms with Crippen LogP contribution in [0.3, 0.4) is 0 Å². The largest absolute Gasteiger partial charge is 0.417 e. The highest BCUT2D eigenvalue weighted by atomic mass is 19.4. The molecule has 1 aromatic carbocycles. The van der Waals surface area contributed by atoms with E-state index in [2.05, 4.69) is 10.1 Å². The van der Waals surface area contributed by atoms with Gasteiger partial charge in [-0.15, -0.1) is 0 Å². The van der Waals surface area contributed by atoms with E-state index in [1.165, 1.54) is 6.07 Å². The molecule has 0 spiro atoms. The van der Waals surface area contributed by atoms with Crippen LogP contribution in [0.1, 0.15) is 16.8 Å². The molecule has 0 bridgehead atoms. The van der Waals surface area contributed by atoms with Crippen LogP contribution in [0.4, 0.5) is 13.2 Å². The number of alkyl halides is 3. The third kappa shape index (κ3) is 3.34. The molecule has 0 aliphatic heterocycles. The molecule has 0 saturated heterocycles. The molecule has 2 aromatic rings. The minimum absolute atomic E-state index is 0.151. The average molecular weight is 280 g/mol. The molecule has 1 N–H and O–H groups in total. The van der Waals surface area contributed by atoms with Gasteiger partial charge in [0, 0.05) is 18.3 Å². The fourth-order valence-corrected chi connectivity index (χ4v) is 1.69. The van der Waals surface area contributed by atoms with Crippen LogP contribution in [0.2, 0.25) is 0 Å². The van der Waals surface area contributed by atoms with Crippen LogP contribution in [-0.2, 0) is 12.6 Å². The quantitative estimate of drug-likeness (QED) is 0.531. The van der Waals surface area contributed by atoms with E-state index in [1.807, 2.05) is 6.07 Å². The number of halogens is 3. The second-order valence-corrected chi connectivity index (χ2v) is 4.13. The van der Waals surface area contributed by atoms with E-state index in [0.29, 0.717) is 17.0 Å². The number of aromatic nitrogens is 1. The predicted octanol–water partition coefficient (Wildman–Crippen LogP) is 3.52. The van der Waals surface area contributed by atoms with Crippen LogP contribution in [0.15, 0.2) is 53.8 Å². The molecule has 1 aromatic heterocycles. The molecule has 2 rings (SSSR count). The summed E-state index contributed by atoms with van der Waals surface area (Å²) in [5.74, 6) is 0. The maximum absolute atomic E-state index is 12.4. The molecule has 20 heavy (non-hydrogen) atoms. The second-order valence-electron chi connectivity index (χ2n) is 4.13. The average Bonchev–Trinajstić information content (AvgIpc) is 2.45. The van der Waals surface area contributed by atoms with Gasteiger partial charge < -0.3 is 5.21 Å². The summed E-state index contributed by atoms with van der Waals surface area (Å²) in [4.78, 5) is 3.75. The number of pyridine rings is 1. The van der Waals surface area contributed by atoms with Crippen molar-refractivity contribution < 1.29 is 18.4 Å². The van der Waals surface area contributed by atoms with Crippen molar-refractivity contribution >= 4 is 5.71 Å². The van der Waals surface area contributed by atoms with Crippen LogP contribution < -0.4 is 0 Å². The Labute approximate surface area is 113 Å². The summed E-state index contributed by atoms with van der Waals surface area (Å²) in [6, 6.07) is 11.1. The lowest BCUT2D eigenvalue weighted by Crippen LogP contribution is -2.09. The molecule has 0 radical (unpaired) electrons. The summed E-state index contributed by atoms with van der Waals surface area (Å²) >= 11 is 0. The van der Waals surface area contributed by atoms with Gasteiger partial charge in [0.15, 0.2) is 0 Å². The second kappa shape index (κ2) is 5.73. The molecule has 6 heteroatoms. The first-order valence-electron chi connectivity index (χ1n) is 5.79. The minimum atomic E-state index is -4.40. The van der Waals surface area contributed by atoms with Crippen LogP contribution >= 0.6 is 0 Å². The number of nitrogens with zero attached hydrogens (tertiary/aromatic N) is 2. The van der Waals surface area contributed by atoms with Crippen molar-refractivity contribution in [3.63, 3.8) is 0 Å². The molecule has 104 valence electrons. The first-order valence-corrected chi connectivity index (χ1v) is 5.79. The molecule has 1 heterocycles. The van der Waals surface area contributed by atoms with Crippen molar-refractivity contribution in [2.75, 3.05) is 0 Å². The highest BCUT2D eigenvalue weighted by molar-refractivity contribution is 6.01. The van der Waals surface area contributed by atoms with Crippen LogP contribution in [0.25, 0.3) is 0 Å². The van der Waals surface area contributed by atoms with Gasteiger partial charge in [-0.2, -0.15) is 13.2 Å². The molecule has 3 nitrogen and oxygen atoms in total. The van der Waals surface area contributed by atoms with Gasteiger partial charge in [-0.05, 0) is 17.7 Å².